The van der Waals surface area contributed by atoms with Crippen molar-refractivity contribution in [2.45, 2.75) is 0 Å². The molecule has 32 rings (SSSR count). The molecule has 0 amide bonds. The largest absolute Gasteiger partial charge is 0.456 e. The third-order valence-corrected chi connectivity index (χ3v) is 30.5. The fourth-order valence-electron chi connectivity index (χ4n) is 22.0. The maximum Gasteiger partial charge on any atom is 0.164 e. The molecule has 0 fully saturated rings. The van der Waals surface area contributed by atoms with Crippen molar-refractivity contribution in [3.8, 4) is 114 Å². The molecule has 14 heteroatoms. The molecular weight excluding hydrogens is 1840 g/mol. The van der Waals surface area contributed by atoms with Crippen molar-refractivity contribution < 1.29 is 17.7 Å². The minimum absolute atomic E-state index is 0.591. The molecule has 0 bridgehead atoms. The Labute approximate surface area is 853 Å². The fraction of sp³-hybridized carbons (Fsp3) is 0. The predicted octanol–water partition coefficient (Wildman–Crippen LogP) is 36.6. The molecule has 0 saturated carbocycles. The smallest absolute Gasteiger partial charge is 0.164 e. The van der Waals surface area contributed by atoms with Crippen LogP contribution in [0, 0.1) is 0 Å². The first kappa shape index (κ1) is 84.7. The summed E-state index contributed by atoms with van der Waals surface area (Å²) in [5.41, 5.74) is 17.6. The van der Waals surface area contributed by atoms with Gasteiger partial charge in [0.2, 0.25) is 0 Å². The van der Waals surface area contributed by atoms with Gasteiger partial charge >= 0.3 is 0 Å². The van der Waals surface area contributed by atoms with Crippen LogP contribution in [-0.4, -0.2) is 44.9 Å². The Morgan fingerprint density at radius 2 is 0.396 bits per heavy atom. The third-order valence-electron chi connectivity index (χ3n) is 29.3. The van der Waals surface area contributed by atoms with Gasteiger partial charge in [-0.05, 0) is 183 Å². The average Bonchev–Trinajstić information content (AvgIpc) is 1.68. The Bertz CT molecular complexity index is 10700. The Morgan fingerprint density at radius 3 is 0.839 bits per heavy atom. The molecule has 0 saturated heterocycles. The molecule has 8 aromatic heterocycles. The van der Waals surface area contributed by atoms with E-state index in [-0.39, 0.29) is 0 Å². The van der Waals surface area contributed by atoms with E-state index in [1.165, 1.54) is 85.0 Å². The Kier molecular flexibility index (Phi) is 19.6. The Hall–Kier alpha value is -19.9. The molecule has 0 spiro atoms. The lowest BCUT2D eigenvalue weighted by Gasteiger charge is -2.12. The van der Waals surface area contributed by atoms with Crippen LogP contribution >= 0.6 is 11.3 Å². The molecule has 0 aliphatic rings. The normalized spacial score (nSPS) is 11.9. The van der Waals surface area contributed by atoms with Gasteiger partial charge in [0.15, 0.2) is 52.4 Å². The first-order valence-corrected chi connectivity index (χ1v) is 50.6. The number of fused-ring (bicyclic) bond motifs is 32. The molecule has 0 radical (unpaired) electrons. The summed E-state index contributed by atoms with van der Waals surface area (Å²) in [4.78, 5) is 45.2. The lowest BCUT2D eigenvalue weighted by Crippen LogP contribution is -2.00. The van der Waals surface area contributed by atoms with Crippen LogP contribution in [0.15, 0.2) is 485 Å². The van der Waals surface area contributed by atoms with Crippen molar-refractivity contribution in [2.24, 2.45) is 0 Å². The second-order valence-corrected chi connectivity index (χ2v) is 39.1. The molecule has 0 aliphatic carbocycles. The van der Waals surface area contributed by atoms with Crippen molar-refractivity contribution in [1.29, 1.82) is 0 Å². The topological polar surface area (TPSA) is 169 Å². The number of nitrogens with zero attached hydrogens (tertiary/aromatic N) is 9. The number of para-hydroxylation sites is 4. The van der Waals surface area contributed by atoms with Crippen LogP contribution in [0.3, 0.4) is 0 Å². The van der Waals surface area contributed by atoms with Crippen molar-refractivity contribution >= 4 is 216 Å². The summed E-state index contributed by atoms with van der Waals surface area (Å²) in [7, 11) is 0. The minimum atomic E-state index is 0.591. The van der Waals surface area contributed by atoms with Crippen LogP contribution in [0.4, 0.5) is 0 Å². The van der Waals surface area contributed by atoms with E-state index < -0.39 is 0 Å². The number of aromatic nitrogens is 9. The molecule has 149 heavy (non-hydrogen) atoms. The highest BCUT2D eigenvalue weighted by Gasteiger charge is 2.25. The molecule has 13 nitrogen and oxygen atoms in total. The second kappa shape index (κ2) is 34.4. The summed E-state index contributed by atoms with van der Waals surface area (Å²) in [6, 6.07) is 162. The zero-order valence-electron chi connectivity index (χ0n) is 79.5. The van der Waals surface area contributed by atoms with Crippen LogP contribution in [0.1, 0.15) is 0 Å². The molecule has 0 N–H and O–H groups in total. The van der Waals surface area contributed by atoms with Crippen LogP contribution in [0.2, 0.25) is 0 Å². The average molecular weight is 1920 g/mol. The summed E-state index contributed by atoms with van der Waals surface area (Å²) < 4.78 is 27.9. The summed E-state index contributed by atoms with van der Waals surface area (Å²) in [6.45, 7) is 0. The predicted molar refractivity (Wildman–Crippen MR) is 613 cm³/mol. The zero-order chi connectivity index (χ0) is 97.8. The molecule has 0 atom stereocenters. The van der Waals surface area contributed by atoms with Gasteiger partial charge < -0.3 is 17.7 Å². The lowest BCUT2D eigenvalue weighted by molar-refractivity contribution is 0.668. The first-order chi connectivity index (χ1) is 73.7. The van der Waals surface area contributed by atoms with Crippen molar-refractivity contribution in [1.82, 2.24) is 44.9 Å². The van der Waals surface area contributed by atoms with E-state index in [0.717, 1.165) is 181 Å². The zero-order valence-corrected chi connectivity index (χ0v) is 80.3. The van der Waals surface area contributed by atoms with E-state index in [4.69, 9.17) is 62.5 Å². The van der Waals surface area contributed by atoms with Crippen LogP contribution in [0.25, 0.3) is 318 Å². The number of rotatable bonds is 10. The number of hydrogen-bond acceptors (Lipinski definition) is 14. The van der Waals surface area contributed by atoms with Gasteiger partial charge in [0.05, 0.1) is 0 Å². The number of hydrogen-bond donors (Lipinski definition) is 0. The van der Waals surface area contributed by atoms with E-state index in [1.54, 1.807) is 0 Å². The van der Waals surface area contributed by atoms with E-state index in [2.05, 4.69) is 297 Å². The van der Waals surface area contributed by atoms with Crippen LogP contribution in [0.5, 0.6) is 0 Å². The highest BCUT2D eigenvalue weighted by molar-refractivity contribution is 7.26. The van der Waals surface area contributed by atoms with E-state index >= 15 is 0 Å². The van der Waals surface area contributed by atoms with E-state index in [1.807, 2.05) is 181 Å². The SMILES string of the molecule is c1ccc(-c2ccc(-c3nc(-c4ccccc4)nc(-c4ccc5c(ccc6ccc7cc8oc9ccccc9c8cc7c65)c4)n3)cc2)cc1.c1ccc(-c2nc(-c3ccc4c(ccc5ccc6ccc7c8ccccc8oc7c6c54)c3)nc(-c3ccc4c(c3)oc3ccccc34)n2)cc1.c1ccc(-c2nc(-c3ccc4c(ccc5ccc6ccc7c8ccccc8sc7c6c54)c3)nc(-c3ccc4c(c3)oc3ccccc34)n2)cc1. The van der Waals surface area contributed by atoms with Gasteiger partial charge in [-0.2, -0.15) is 0 Å². The highest BCUT2D eigenvalue weighted by Crippen LogP contribution is 2.48. The monoisotopic (exact) mass is 1920 g/mol. The molecular formula is C135H77N9O4S. The van der Waals surface area contributed by atoms with Gasteiger partial charge in [-0.25, -0.2) is 44.9 Å². The highest BCUT2D eigenvalue weighted by atomic mass is 32.1. The Morgan fingerprint density at radius 1 is 0.134 bits per heavy atom. The minimum Gasteiger partial charge on any atom is -0.456 e. The lowest BCUT2D eigenvalue weighted by atomic mass is 9.94. The molecule has 24 aromatic carbocycles. The Balaban J connectivity index is 0.000000103. The van der Waals surface area contributed by atoms with E-state index in [0.29, 0.717) is 52.4 Å². The molecule has 0 aliphatic heterocycles. The summed E-state index contributed by atoms with van der Waals surface area (Å²) in [6.07, 6.45) is 0. The van der Waals surface area contributed by atoms with Crippen molar-refractivity contribution in [3.05, 3.63) is 467 Å². The van der Waals surface area contributed by atoms with Gasteiger partial charge in [-0.15, -0.1) is 11.3 Å². The van der Waals surface area contributed by atoms with Gasteiger partial charge in [-0.3, -0.25) is 0 Å². The number of thiophene rings is 1. The summed E-state index contributed by atoms with van der Waals surface area (Å²) >= 11 is 1.88. The van der Waals surface area contributed by atoms with Gasteiger partial charge in [-0.1, -0.05) is 376 Å². The number of furan rings is 4. The van der Waals surface area contributed by atoms with Crippen molar-refractivity contribution in [3.63, 3.8) is 0 Å². The first-order valence-electron chi connectivity index (χ1n) is 49.8. The quantitative estimate of drug-likeness (QED) is 0.119. The second-order valence-electron chi connectivity index (χ2n) is 38.0. The van der Waals surface area contributed by atoms with Crippen molar-refractivity contribution in [2.75, 3.05) is 0 Å². The molecule has 32 aromatic rings. The summed E-state index contributed by atoms with van der Waals surface area (Å²) in [5.74, 6) is 5.62. The van der Waals surface area contributed by atoms with Crippen LogP contribution < -0.4 is 0 Å². The van der Waals surface area contributed by atoms with Gasteiger partial charge in [0, 0.05) is 129 Å². The molecule has 8 heterocycles. The number of benzene rings is 24. The standard InChI is InChI=1S/C45H25N3O2.C45H25N3OS.C45H27N3O/c1-2-8-28(9-3-1)43-46-44(48-45(47-43)31-20-22-35-33-10-4-6-12-37(33)49-39(35)25-31)30-19-21-32-29(24-30)17-16-26-14-15-27-18-23-36-34-11-5-7-13-38(34)50-42(36)41(27)40(26)32;1-2-8-28(9-3-1)43-46-44(48-45(47-43)31-20-22-34-33-10-4-6-12-37(33)49-38(34)25-31)30-19-21-32-29(24-30)17-16-26-14-15-27-18-23-36-35-11-5-7-13-39(35)50-42(36)41(27)40(26)32;1-3-9-28(10-4-1)29-15-19-32(20-16-29)44-46-43(31-11-5-2-6-12-31)47-45(48-44)35-23-24-36-33(25-35)21-17-30-18-22-34-26-41-39(27-38(34)42(30)36)37-13-7-8-14-40(37)49-41/h2*1-25H;1-27H. The molecule has 692 valence electrons. The van der Waals surface area contributed by atoms with Gasteiger partial charge in [0.1, 0.15) is 44.7 Å². The summed E-state index contributed by atoms with van der Waals surface area (Å²) in [5, 5.41) is 32.9. The molecule has 0 unspecified atom stereocenters. The van der Waals surface area contributed by atoms with Gasteiger partial charge in [0.25, 0.3) is 0 Å². The maximum atomic E-state index is 6.54. The van der Waals surface area contributed by atoms with Crippen LogP contribution in [-0.2, 0) is 0 Å². The third kappa shape index (κ3) is 14.5. The fourth-order valence-corrected chi connectivity index (χ4v) is 23.3. The maximum absolute atomic E-state index is 6.54. The van der Waals surface area contributed by atoms with E-state index in [9.17, 15) is 0 Å².